The minimum absolute atomic E-state index is 0.0181. The van der Waals surface area contributed by atoms with Crippen LogP contribution < -0.4 is 0 Å². The number of hydrogen-bond donors (Lipinski definition) is 0. The molecule has 0 N–H and O–H groups in total. The Balaban J connectivity index is 1.23. The standard InChI is InChI=1S/C19H25N5O3/c25-18(13-24-21-19(20-22-24)15-5-2-1-3-6-15)23-10-8-16(9-11-23)27-14-17-7-4-12-26-17/h1-3,5-6,16-17H,4,7-14H2. The number of piperidine rings is 1. The van der Waals surface area contributed by atoms with Crippen molar-refractivity contribution in [3.8, 4) is 11.4 Å². The summed E-state index contributed by atoms with van der Waals surface area (Å²) in [6.07, 6.45) is 4.40. The lowest BCUT2D eigenvalue weighted by Crippen LogP contribution is -2.43. The molecule has 2 aromatic rings. The summed E-state index contributed by atoms with van der Waals surface area (Å²) in [7, 11) is 0. The molecule has 4 rings (SSSR count). The van der Waals surface area contributed by atoms with Crippen LogP contribution in [0.25, 0.3) is 11.4 Å². The van der Waals surface area contributed by atoms with Crippen molar-refractivity contribution < 1.29 is 14.3 Å². The molecular formula is C19H25N5O3. The zero-order valence-corrected chi connectivity index (χ0v) is 15.4. The molecule has 0 saturated carbocycles. The van der Waals surface area contributed by atoms with E-state index < -0.39 is 0 Å². The van der Waals surface area contributed by atoms with E-state index in [4.69, 9.17) is 9.47 Å². The summed E-state index contributed by atoms with van der Waals surface area (Å²) in [5, 5.41) is 12.4. The van der Waals surface area contributed by atoms with Gasteiger partial charge in [-0.25, -0.2) is 0 Å². The highest BCUT2D eigenvalue weighted by Gasteiger charge is 2.25. The summed E-state index contributed by atoms with van der Waals surface area (Å²) in [5.41, 5.74) is 0.889. The molecule has 8 nitrogen and oxygen atoms in total. The van der Waals surface area contributed by atoms with E-state index in [9.17, 15) is 4.79 Å². The van der Waals surface area contributed by atoms with Gasteiger partial charge in [0.2, 0.25) is 11.7 Å². The molecule has 3 heterocycles. The van der Waals surface area contributed by atoms with Crippen molar-refractivity contribution in [1.82, 2.24) is 25.1 Å². The second-order valence-corrected chi connectivity index (χ2v) is 7.06. The Morgan fingerprint density at radius 2 is 2.00 bits per heavy atom. The fourth-order valence-electron chi connectivity index (χ4n) is 3.53. The van der Waals surface area contributed by atoms with Crippen molar-refractivity contribution in [1.29, 1.82) is 0 Å². The molecule has 0 bridgehead atoms. The number of nitrogens with zero attached hydrogens (tertiary/aromatic N) is 5. The Kier molecular flexibility index (Phi) is 5.74. The third-order valence-electron chi connectivity index (χ3n) is 5.10. The highest BCUT2D eigenvalue weighted by Crippen LogP contribution is 2.18. The molecule has 2 fully saturated rings. The van der Waals surface area contributed by atoms with Gasteiger partial charge in [0.1, 0.15) is 6.54 Å². The largest absolute Gasteiger partial charge is 0.376 e. The SMILES string of the molecule is O=C(Cn1nnc(-c2ccccc2)n1)N1CCC(OCC2CCCO2)CC1. The first kappa shape index (κ1) is 18.1. The van der Waals surface area contributed by atoms with Crippen LogP contribution in [0.2, 0.25) is 0 Å². The van der Waals surface area contributed by atoms with Gasteiger partial charge in [0.25, 0.3) is 0 Å². The molecule has 1 aromatic heterocycles. The van der Waals surface area contributed by atoms with E-state index in [1.807, 2.05) is 35.2 Å². The maximum absolute atomic E-state index is 12.5. The lowest BCUT2D eigenvalue weighted by atomic mass is 10.1. The summed E-state index contributed by atoms with van der Waals surface area (Å²) in [6.45, 7) is 3.04. The number of amides is 1. The Hall–Kier alpha value is -2.32. The Morgan fingerprint density at radius 1 is 1.19 bits per heavy atom. The van der Waals surface area contributed by atoms with Crippen LogP contribution in [0.1, 0.15) is 25.7 Å². The van der Waals surface area contributed by atoms with Crippen LogP contribution in [0.3, 0.4) is 0 Å². The van der Waals surface area contributed by atoms with E-state index in [2.05, 4.69) is 15.4 Å². The van der Waals surface area contributed by atoms with Crippen LogP contribution >= 0.6 is 0 Å². The van der Waals surface area contributed by atoms with Crippen molar-refractivity contribution in [3.05, 3.63) is 30.3 Å². The van der Waals surface area contributed by atoms with Crippen molar-refractivity contribution in [2.45, 2.75) is 44.4 Å². The summed E-state index contributed by atoms with van der Waals surface area (Å²) in [6, 6.07) is 9.62. The molecule has 8 heteroatoms. The number of rotatable bonds is 6. The first-order valence-corrected chi connectivity index (χ1v) is 9.62. The lowest BCUT2D eigenvalue weighted by molar-refractivity contribution is -0.135. The number of hydrogen-bond acceptors (Lipinski definition) is 6. The van der Waals surface area contributed by atoms with Gasteiger partial charge in [-0.1, -0.05) is 30.3 Å². The van der Waals surface area contributed by atoms with Gasteiger partial charge in [0.05, 0.1) is 18.8 Å². The Morgan fingerprint density at radius 3 is 2.74 bits per heavy atom. The molecule has 1 atom stereocenters. The van der Waals surface area contributed by atoms with Gasteiger partial charge in [-0.3, -0.25) is 4.79 Å². The quantitative estimate of drug-likeness (QED) is 0.766. The highest BCUT2D eigenvalue weighted by molar-refractivity contribution is 5.75. The fraction of sp³-hybridized carbons (Fsp3) is 0.579. The lowest BCUT2D eigenvalue weighted by Gasteiger charge is -2.32. The molecule has 0 spiro atoms. The normalized spacial score (nSPS) is 20.9. The first-order valence-electron chi connectivity index (χ1n) is 9.62. The first-order chi connectivity index (χ1) is 13.3. The van der Waals surface area contributed by atoms with Crippen molar-refractivity contribution in [2.75, 3.05) is 26.3 Å². The van der Waals surface area contributed by atoms with Gasteiger partial charge < -0.3 is 14.4 Å². The smallest absolute Gasteiger partial charge is 0.246 e. The third kappa shape index (κ3) is 4.70. The van der Waals surface area contributed by atoms with Crippen LogP contribution in [0, 0.1) is 0 Å². The van der Waals surface area contributed by atoms with Gasteiger partial charge in [-0.05, 0) is 30.9 Å². The zero-order chi connectivity index (χ0) is 18.5. The molecule has 27 heavy (non-hydrogen) atoms. The van der Waals surface area contributed by atoms with Crippen molar-refractivity contribution in [3.63, 3.8) is 0 Å². The number of tetrazole rings is 1. The van der Waals surface area contributed by atoms with Crippen LogP contribution in [0.15, 0.2) is 30.3 Å². The van der Waals surface area contributed by atoms with Crippen LogP contribution in [0.5, 0.6) is 0 Å². The maximum Gasteiger partial charge on any atom is 0.246 e. The minimum Gasteiger partial charge on any atom is -0.376 e. The minimum atomic E-state index is 0.0181. The van der Waals surface area contributed by atoms with Crippen LogP contribution in [-0.4, -0.2) is 69.5 Å². The van der Waals surface area contributed by atoms with Crippen LogP contribution in [-0.2, 0) is 20.8 Å². The van der Waals surface area contributed by atoms with Gasteiger partial charge in [-0.2, -0.15) is 4.80 Å². The number of benzene rings is 1. The highest BCUT2D eigenvalue weighted by atomic mass is 16.5. The summed E-state index contributed by atoms with van der Waals surface area (Å²) in [4.78, 5) is 15.7. The van der Waals surface area contributed by atoms with Crippen molar-refractivity contribution in [2.24, 2.45) is 0 Å². The van der Waals surface area contributed by atoms with E-state index in [0.29, 0.717) is 25.5 Å². The predicted octanol–water partition coefficient (Wildman–Crippen LogP) is 1.53. The van der Waals surface area contributed by atoms with Crippen molar-refractivity contribution >= 4 is 5.91 Å². The molecule has 2 saturated heterocycles. The third-order valence-corrected chi connectivity index (χ3v) is 5.10. The number of ether oxygens (including phenoxy) is 2. The summed E-state index contributed by atoms with van der Waals surface area (Å²) < 4.78 is 11.6. The second kappa shape index (κ2) is 8.58. The molecule has 0 aliphatic carbocycles. The van der Waals surface area contributed by atoms with Gasteiger partial charge >= 0.3 is 0 Å². The predicted molar refractivity (Wildman–Crippen MR) is 97.8 cm³/mol. The van der Waals surface area contributed by atoms with E-state index in [-0.39, 0.29) is 24.7 Å². The molecule has 144 valence electrons. The molecule has 1 unspecified atom stereocenters. The Labute approximate surface area is 158 Å². The number of aromatic nitrogens is 4. The molecule has 1 aromatic carbocycles. The van der Waals surface area contributed by atoms with Gasteiger partial charge in [-0.15, -0.1) is 10.2 Å². The maximum atomic E-state index is 12.5. The average molecular weight is 371 g/mol. The second-order valence-electron chi connectivity index (χ2n) is 7.06. The number of carbonyl (C=O) groups is 1. The van der Waals surface area contributed by atoms with Crippen LogP contribution in [0.4, 0.5) is 0 Å². The van der Waals surface area contributed by atoms with E-state index in [1.54, 1.807) is 0 Å². The molecule has 2 aliphatic rings. The zero-order valence-electron chi connectivity index (χ0n) is 15.4. The molecule has 1 amide bonds. The van der Waals surface area contributed by atoms with Gasteiger partial charge in [0, 0.05) is 25.3 Å². The fourth-order valence-corrected chi connectivity index (χ4v) is 3.53. The van der Waals surface area contributed by atoms with E-state index in [1.165, 1.54) is 4.80 Å². The topological polar surface area (TPSA) is 82.4 Å². The van der Waals surface area contributed by atoms with E-state index in [0.717, 1.165) is 37.9 Å². The molecule has 2 aliphatic heterocycles. The molecular weight excluding hydrogens is 346 g/mol. The average Bonchev–Trinajstić information content (AvgIpc) is 3.39. The number of carbonyl (C=O) groups excluding carboxylic acids is 1. The Bertz CT molecular complexity index is 737. The van der Waals surface area contributed by atoms with E-state index >= 15 is 0 Å². The monoisotopic (exact) mass is 371 g/mol. The molecule has 0 radical (unpaired) electrons. The summed E-state index contributed by atoms with van der Waals surface area (Å²) in [5.74, 6) is 0.550. The van der Waals surface area contributed by atoms with Gasteiger partial charge in [0.15, 0.2) is 0 Å². The number of likely N-dealkylation sites (tertiary alicyclic amines) is 1. The summed E-state index contributed by atoms with van der Waals surface area (Å²) >= 11 is 0.